The molecule has 2 atom stereocenters. The Hall–Kier alpha value is -3.65. The molecule has 232 valence electrons. The maximum atomic E-state index is 14.0. The molecule has 2 aromatic carbocycles. The Labute approximate surface area is 254 Å². The number of halogens is 2. The molecule has 1 unspecified atom stereocenters. The molecule has 8 heteroatoms. The van der Waals surface area contributed by atoms with Crippen LogP contribution in [0.25, 0.3) is 11.1 Å². The average Bonchev–Trinajstić information content (AvgIpc) is 2.90. The van der Waals surface area contributed by atoms with Crippen LogP contribution in [0.3, 0.4) is 0 Å². The Balaban J connectivity index is 2.06. The van der Waals surface area contributed by atoms with Crippen molar-refractivity contribution >= 4 is 11.7 Å². The first-order valence-electron chi connectivity index (χ1n) is 14.8. The number of carbonyl (C=O) groups excluding carboxylic acids is 2. The average molecular weight is 594 g/mol. The predicted molar refractivity (Wildman–Crippen MR) is 169 cm³/mol. The number of likely N-dealkylation sites (N-methyl/N-ethyl adjacent to an activating group) is 1. The highest BCUT2D eigenvalue weighted by Gasteiger charge is 2.29. The fraction of sp³-hybridized carbons (Fsp3) is 0.457. The molecule has 0 fully saturated rings. The van der Waals surface area contributed by atoms with Crippen LogP contribution in [0.4, 0.5) is 8.78 Å². The first-order valence-corrected chi connectivity index (χ1v) is 14.8. The molecule has 1 amide bonds. The second-order valence-electron chi connectivity index (χ2n) is 12.4. The van der Waals surface area contributed by atoms with Gasteiger partial charge in [-0.25, -0.2) is 8.78 Å². The third kappa shape index (κ3) is 8.92. The number of nitrogens with one attached hydrogen (secondary N) is 1. The van der Waals surface area contributed by atoms with Gasteiger partial charge in [-0.05, 0) is 106 Å². The second kappa shape index (κ2) is 14.7. The van der Waals surface area contributed by atoms with Gasteiger partial charge in [0.1, 0.15) is 11.8 Å². The predicted octanol–water partition coefficient (Wildman–Crippen LogP) is 6.91. The molecule has 3 rings (SSSR count). The van der Waals surface area contributed by atoms with Crippen LogP contribution in [0.1, 0.15) is 85.5 Å². The summed E-state index contributed by atoms with van der Waals surface area (Å²) in [4.78, 5) is 41.6. The number of Topliss-reactive ketones (excluding diaryl/α,β-unsaturated/α-hetero) is 1. The SMILES string of the molecule is CC(=O)C[C@H](NC(=O)C(CC(C)C)n1cc(CCN(C)C)cc(C(F)F)c1=O)c1cccc(-c2c(C)cc(C)cc2C)c1. The van der Waals surface area contributed by atoms with Gasteiger partial charge in [0.25, 0.3) is 12.0 Å². The number of hydrogen-bond donors (Lipinski definition) is 1. The first kappa shape index (κ1) is 33.8. The third-order valence-electron chi connectivity index (χ3n) is 7.61. The van der Waals surface area contributed by atoms with E-state index in [1.54, 1.807) is 0 Å². The maximum absolute atomic E-state index is 14.0. The van der Waals surface area contributed by atoms with Gasteiger partial charge in [-0.3, -0.25) is 14.4 Å². The molecule has 0 aliphatic heterocycles. The molecule has 0 bridgehead atoms. The molecule has 1 N–H and O–H groups in total. The maximum Gasteiger partial charge on any atom is 0.269 e. The van der Waals surface area contributed by atoms with Gasteiger partial charge in [0.2, 0.25) is 5.91 Å². The van der Waals surface area contributed by atoms with Crippen LogP contribution < -0.4 is 10.9 Å². The van der Waals surface area contributed by atoms with E-state index in [1.165, 1.54) is 29.3 Å². The molecule has 0 aliphatic rings. The quantitative estimate of drug-likeness (QED) is 0.234. The Morgan fingerprint density at radius 1 is 1.00 bits per heavy atom. The zero-order chi connectivity index (χ0) is 32.0. The fourth-order valence-corrected chi connectivity index (χ4v) is 5.71. The van der Waals surface area contributed by atoms with Crippen molar-refractivity contribution in [2.24, 2.45) is 5.92 Å². The molecule has 0 radical (unpaired) electrons. The Bertz CT molecular complexity index is 1490. The van der Waals surface area contributed by atoms with E-state index in [1.807, 2.05) is 57.1 Å². The van der Waals surface area contributed by atoms with Crippen LogP contribution in [-0.2, 0) is 16.0 Å². The molecule has 1 heterocycles. The van der Waals surface area contributed by atoms with Crippen molar-refractivity contribution in [3.05, 3.63) is 92.4 Å². The van der Waals surface area contributed by atoms with Crippen LogP contribution in [0, 0.1) is 26.7 Å². The summed E-state index contributed by atoms with van der Waals surface area (Å²) < 4.78 is 29.1. The Morgan fingerprint density at radius 2 is 1.65 bits per heavy atom. The zero-order valence-corrected chi connectivity index (χ0v) is 26.6. The van der Waals surface area contributed by atoms with E-state index in [0.717, 1.165) is 27.8 Å². The number of aryl methyl sites for hydroxylation is 3. The van der Waals surface area contributed by atoms with Crippen LogP contribution in [0.15, 0.2) is 53.5 Å². The largest absolute Gasteiger partial charge is 0.347 e. The van der Waals surface area contributed by atoms with Gasteiger partial charge in [-0.15, -0.1) is 0 Å². The van der Waals surface area contributed by atoms with Crippen molar-refractivity contribution in [3.63, 3.8) is 0 Å². The lowest BCUT2D eigenvalue weighted by Crippen LogP contribution is -2.41. The van der Waals surface area contributed by atoms with Crippen molar-refractivity contribution < 1.29 is 18.4 Å². The molecule has 0 spiro atoms. The van der Waals surface area contributed by atoms with Crippen molar-refractivity contribution in [1.29, 1.82) is 0 Å². The monoisotopic (exact) mass is 593 g/mol. The molecule has 3 aromatic rings. The van der Waals surface area contributed by atoms with Gasteiger partial charge in [0.05, 0.1) is 11.6 Å². The van der Waals surface area contributed by atoms with Crippen molar-refractivity contribution in [2.75, 3.05) is 20.6 Å². The number of alkyl halides is 2. The number of hydrogen-bond acceptors (Lipinski definition) is 4. The van der Waals surface area contributed by atoms with Crippen LogP contribution in [0.2, 0.25) is 0 Å². The summed E-state index contributed by atoms with van der Waals surface area (Å²) >= 11 is 0. The molecule has 1 aromatic heterocycles. The van der Waals surface area contributed by atoms with Crippen molar-refractivity contribution in [2.45, 2.75) is 79.3 Å². The van der Waals surface area contributed by atoms with Gasteiger partial charge in [-0.2, -0.15) is 0 Å². The van der Waals surface area contributed by atoms with Crippen LogP contribution >= 0.6 is 0 Å². The molecule has 0 saturated heterocycles. The molecular weight excluding hydrogens is 548 g/mol. The smallest absolute Gasteiger partial charge is 0.269 e. The number of amides is 1. The summed E-state index contributed by atoms with van der Waals surface area (Å²) in [6, 6.07) is 11.6. The fourth-order valence-electron chi connectivity index (χ4n) is 5.71. The first-order chi connectivity index (χ1) is 20.2. The molecule has 43 heavy (non-hydrogen) atoms. The highest BCUT2D eigenvalue weighted by Crippen LogP contribution is 2.31. The number of aromatic nitrogens is 1. The summed E-state index contributed by atoms with van der Waals surface area (Å²) in [6.45, 7) is 12.1. The minimum absolute atomic E-state index is 0.00912. The highest BCUT2D eigenvalue weighted by atomic mass is 19.3. The number of rotatable bonds is 13. The lowest BCUT2D eigenvalue weighted by molar-refractivity contribution is -0.126. The topological polar surface area (TPSA) is 71.4 Å². The lowest BCUT2D eigenvalue weighted by Gasteiger charge is -2.26. The van der Waals surface area contributed by atoms with E-state index < -0.39 is 35.5 Å². The number of ketones is 1. The molecular formula is C35H45F2N3O3. The van der Waals surface area contributed by atoms with Crippen LogP contribution in [0.5, 0.6) is 0 Å². The van der Waals surface area contributed by atoms with Gasteiger partial charge < -0.3 is 14.8 Å². The van der Waals surface area contributed by atoms with Gasteiger partial charge in [0, 0.05) is 19.2 Å². The summed E-state index contributed by atoms with van der Waals surface area (Å²) in [7, 11) is 3.76. The van der Waals surface area contributed by atoms with Crippen molar-refractivity contribution in [1.82, 2.24) is 14.8 Å². The summed E-state index contributed by atoms with van der Waals surface area (Å²) in [6.07, 6.45) is -0.674. The number of benzene rings is 2. The number of nitrogens with zero attached hydrogens (tertiary/aromatic N) is 2. The minimum Gasteiger partial charge on any atom is -0.347 e. The second-order valence-corrected chi connectivity index (χ2v) is 12.4. The Kier molecular flexibility index (Phi) is 11.6. The lowest BCUT2D eigenvalue weighted by atomic mass is 9.91. The summed E-state index contributed by atoms with van der Waals surface area (Å²) in [5.41, 5.74) is 5.31. The van der Waals surface area contributed by atoms with E-state index in [4.69, 9.17) is 0 Å². The Morgan fingerprint density at radius 3 is 2.21 bits per heavy atom. The summed E-state index contributed by atoms with van der Waals surface area (Å²) in [5.74, 6) is -0.605. The minimum atomic E-state index is -2.97. The van der Waals surface area contributed by atoms with E-state index in [-0.39, 0.29) is 24.5 Å². The summed E-state index contributed by atoms with van der Waals surface area (Å²) in [5, 5.41) is 3.02. The van der Waals surface area contributed by atoms with Crippen LogP contribution in [-0.4, -0.2) is 41.8 Å². The highest BCUT2D eigenvalue weighted by molar-refractivity contribution is 5.83. The van der Waals surface area contributed by atoms with E-state index >= 15 is 0 Å². The number of carbonyl (C=O) groups is 2. The standard InChI is InChI=1S/C35H45F2N3O3/c1-21(2)14-31(40-20-26(12-13-39(7)8)18-29(33(36)37)35(40)43)34(42)38-30(17-25(6)41)27-10-9-11-28(19-27)32-23(4)15-22(3)16-24(32)5/h9-11,15-16,18-21,30-31,33H,12-14,17H2,1-8H3,(H,38,42)/t30-,31?/m0/s1. The van der Waals surface area contributed by atoms with Gasteiger partial charge >= 0.3 is 0 Å². The third-order valence-corrected chi connectivity index (χ3v) is 7.61. The molecule has 6 nitrogen and oxygen atoms in total. The van der Waals surface area contributed by atoms with Gasteiger partial charge in [-0.1, -0.05) is 49.7 Å². The zero-order valence-electron chi connectivity index (χ0n) is 26.6. The van der Waals surface area contributed by atoms with Crippen molar-refractivity contribution in [3.8, 4) is 11.1 Å². The molecule has 0 aliphatic carbocycles. The molecule has 0 saturated carbocycles. The normalized spacial score (nSPS) is 13.0. The van der Waals surface area contributed by atoms with E-state index in [2.05, 4.69) is 38.2 Å². The number of pyridine rings is 1. The van der Waals surface area contributed by atoms with E-state index in [9.17, 15) is 23.2 Å². The van der Waals surface area contributed by atoms with Gasteiger partial charge in [0.15, 0.2) is 0 Å². The van der Waals surface area contributed by atoms with E-state index in [0.29, 0.717) is 18.5 Å².